The van der Waals surface area contributed by atoms with E-state index in [0.29, 0.717) is 26.1 Å². The van der Waals surface area contributed by atoms with E-state index in [-0.39, 0.29) is 6.03 Å². The van der Waals surface area contributed by atoms with Crippen LogP contribution < -0.4 is 5.32 Å². The van der Waals surface area contributed by atoms with Crippen LogP contribution in [-0.4, -0.2) is 46.6 Å². The van der Waals surface area contributed by atoms with Crippen molar-refractivity contribution in [3.63, 3.8) is 0 Å². The van der Waals surface area contributed by atoms with Crippen molar-refractivity contribution in [1.82, 2.24) is 15.2 Å². The molecule has 0 spiro atoms. The number of carboxylic acid groups (broad SMARTS) is 1. The number of aromatic nitrogens is 1. The Balaban J connectivity index is 1.44. The average molecular weight is 329 g/mol. The molecular formula is C18H23N3O3. The smallest absolute Gasteiger partial charge is 0.317 e. The first-order valence-electron chi connectivity index (χ1n) is 8.45. The second-order valence-electron chi connectivity index (χ2n) is 6.32. The monoisotopic (exact) mass is 329 g/mol. The molecule has 6 heteroatoms. The number of hydrogen-bond acceptors (Lipinski definition) is 2. The molecule has 6 nitrogen and oxygen atoms in total. The van der Waals surface area contributed by atoms with Crippen LogP contribution in [0.15, 0.2) is 30.5 Å². The van der Waals surface area contributed by atoms with Gasteiger partial charge in [-0.3, -0.25) is 4.79 Å². The number of fused-ring (bicyclic) bond motifs is 1. The maximum atomic E-state index is 12.2. The summed E-state index contributed by atoms with van der Waals surface area (Å²) in [7, 11) is 0. The number of likely N-dealkylation sites (tertiary alicyclic amines) is 1. The Bertz CT molecular complexity index is 725. The predicted molar refractivity (Wildman–Crippen MR) is 92.0 cm³/mol. The van der Waals surface area contributed by atoms with E-state index in [0.717, 1.165) is 24.8 Å². The third kappa shape index (κ3) is 3.69. The van der Waals surface area contributed by atoms with Crippen molar-refractivity contribution in [2.75, 3.05) is 19.6 Å². The number of nitrogens with one attached hydrogen (secondary N) is 2. The number of piperidine rings is 1. The van der Waals surface area contributed by atoms with E-state index in [9.17, 15) is 9.59 Å². The third-order valence-corrected chi connectivity index (χ3v) is 4.63. The van der Waals surface area contributed by atoms with Crippen molar-refractivity contribution in [2.24, 2.45) is 5.92 Å². The van der Waals surface area contributed by atoms with Gasteiger partial charge in [-0.25, -0.2) is 4.79 Å². The van der Waals surface area contributed by atoms with Crippen molar-refractivity contribution in [2.45, 2.75) is 25.7 Å². The Morgan fingerprint density at radius 2 is 2.17 bits per heavy atom. The number of amides is 2. The molecule has 1 aliphatic heterocycles. The zero-order valence-electron chi connectivity index (χ0n) is 13.6. The van der Waals surface area contributed by atoms with Crippen molar-refractivity contribution >= 4 is 22.9 Å². The minimum Gasteiger partial charge on any atom is -0.481 e. The number of hydrogen-bond donors (Lipinski definition) is 3. The predicted octanol–water partition coefficient (Wildman–Crippen LogP) is 2.61. The molecule has 0 radical (unpaired) electrons. The lowest BCUT2D eigenvalue weighted by atomic mass is 9.99. The summed E-state index contributed by atoms with van der Waals surface area (Å²) >= 11 is 0. The molecule has 2 heterocycles. The van der Waals surface area contributed by atoms with Crippen molar-refractivity contribution in [1.29, 1.82) is 0 Å². The van der Waals surface area contributed by atoms with Crippen molar-refractivity contribution < 1.29 is 14.7 Å². The quantitative estimate of drug-likeness (QED) is 0.737. The van der Waals surface area contributed by atoms with Gasteiger partial charge >= 0.3 is 12.0 Å². The third-order valence-electron chi connectivity index (χ3n) is 4.63. The number of carboxylic acids is 1. The SMILES string of the molecule is O=C(O)C1CCCN(C(=O)NCCCc2c[nH]c3ccccc23)C1. The van der Waals surface area contributed by atoms with Gasteiger partial charge in [-0.1, -0.05) is 18.2 Å². The molecule has 0 bridgehead atoms. The molecular weight excluding hydrogens is 306 g/mol. The van der Waals surface area contributed by atoms with E-state index in [4.69, 9.17) is 5.11 Å². The van der Waals surface area contributed by atoms with Gasteiger partial charge in [-0.15, -0.1) is 0 Å². The normalized spacial score (nSPS) is 17.8. The van der Waals surface area contributed by atoms with Crippen LogP contribution in [-0.2, 0) is 11.2 Å². The number of carbonyl (C=O) groups excluding carboxylic acids is 1. The van der Waals surface area contributed by atoms with Crippen LogP contribution in [0.5, 0.6) is 0 Å². The average Bonchev–Trinajstić information content (AvgIpc) is 3.02. The van der Waals surface area contributed by atoms with E-state index >= 15 is 0 Å². The number of para-hydroxylation sites is 1. The van der Waals surface area contributed by atoms with Crippen LogP contribution in [0.2, 0.25) is 0 Å². The number of aliphatic carboxylic acids is 1. The summed E-state index contributed by atoms with van der Waals surface area (Å²) in [6.45, 7) is 1.54. The van der Waals surface area contributed by atoms with Crippen LogP contribution in [0.1, 0.15) is 24.8 Å². The maximum Gasteiger partial charge on any atom is 0.317 e. The molecule has 3 N–H and O–H groups in total. The summed E-state index contributed by atoms with van der Waals surface area (Å²) in [6.07, 6.45) is 5.17. The first-order chi connectivity index (χ1) is 11.6. The van der Waals surface area contributed by atoms with Gasteiger partial charge < -0.3 is 20.3 Å². The van der Waals surface area contributed by atoms with Gasteiger partial charge in [0.2, 0.25) is 0 Å². The fraction of sp³-hybridized carbons (Fsp3) is 0.444. The Labute approximate surface area is 140 Å². The lowest BCUT2D eigenvalue weighted by Crippen LogP contribution is -2.47. The Morgan fingerprint density at radius 3 is 3.00 bits per heavy atom. The molecule has 1 aliphatic rings. The minimum atomic E-state index is -0.813. The summed E-state index contributed by atoms with van der Waals surface area (Å²) in [5, 5.41) is 13.2. The highest BCUT2D eigenvalue weighted by Gasteiger charge is 2.27. The van der Waals surface area contributed by atoms with Gasteiger partial charge in [0.05, 0.1) is 5.92 Å². The van der Waals surface area contributed by atoms with Crippen LogP contribution in [0.4, 0.5) is 4.79 Å². The van der Waals surface area contributed by atoms with Gasteiger partial charge in [0.1, 0.15) is 0 Å². The number of rotatable bonds is 5. The number of benzene rings is 1. The fourth-order valence-corrected chi connectivity index (χ4v) is 3.29. The molecule has 128 valence electrons. The maximum absolute atomic E-state index is 12.2. The largest absolute Gasteiger partial charge is 0.481 e. The first-order valence-corrected chi connectivity index (χ1v) is 8.45. The highest BCUT2D eigenvalue weighted by atomic mass is 16.4. The van der Waals surface area contributed by atoms with E-state index in [2.05, 4.69) is 22.4 Å². The van der Waals surface area contributed by atoms with Crippen molar-refractivity contribution in [3.8, 4) is 0 Å². The molecule has 1 atom stereocenters. The Morgan fingerprint density at radius 1 is 1.33 bits per heavy atom. The number of carbonyl (C=O) groups is 2. The Kier molecular flexibility index (Phi) is 5.03. The molecule has 24 heavy (non-hydrogen) atoms. The first kappa shape index (κ1) is 16.4. The Hall–Kier alpha value is -2.50. The van der Waals surface area contributed by atoms with Crippen LogP contribution >= 0.6 is 0 Å². The molecule has 1 unspecified atom stereocenters. The molecule has 1 aromatic carbocycles. The number of aromatic amines is 1. The summed E-state index contributed by atoms with van der Waals surface area (Å²) in [6, 6.07) is 8.03. The fourth-order valence-electron chi connectivity index (χ4n) is 3.29. The van der Waals surface area contributed by atoms with Crippen LogP contribution in [0, 0.1) is 5.92 Å². The highest BCUT2D eigenvalue weighted by molar-refractivity contribution is 5.83. The number of H-pyrrole nitrogens is 1. The molecule has 2 amide bonds. The van der Waals surface area contributed by atoms with Crippen LogP contribution in [0.3, 0.4) is 0 Å². The van der Waals surface area contributed by atoms with E-state index < -0.39 is 11.9 Å². The molecule has 1 saturated heterocycles. The lowest BCUT2D eigenvalue weighted by Gasteiger charge is -2.30. The number of urea groups is 1. The van der Waals surface area contributed by atoms with E-state index in [1.165, 1.54) is 10.9 Å². The molecule has 1 aromatic heterocycles. The molecule has 0 saturated carbocycles. The van der Waals surface area contributed by atoms with Crippen LogP contribution in [0.25, 0.3) is 10.9 Å². The minimum absolute atomic E-state index is 0.153. The molecule has 3 rings (SSSR count). The second-order valence-corrected chi connectivity index (χ2v) is 6.32. The summed E-state index contributed by atoms with van der Waals surface area (Å²) in [5.74, 6) is -1.25. The molecule has 0 aliphatic carbocycles. The molecule has 1 fully saturated rings. The topological polar surface area (TPSA) is 85.4 Å². The zero-order valence-corrected chi connectivity index (χ0v) is 13.6. The lowest BCUT2D eigenvalue weighted by molar-refractivity contribution is -0.143. The van der Waals surface area contributed by atoms with Gasteiger partial charge in [-0.05, 0) is 37.3 Å². The highest BCUT2D eigenvalue weighted by Crippen LogP contribution is 2.19. The summed E-state index contributed by atoms with van der Waals surface area (Å²) < 4.78 is 0. The number of aryl methyl sites for hydroxylation is 1. The second kappa shape index (κ2) is 7.38. The van der Waals surface area contributed by atoms with Gasteiger partial charge in [0.15, 0.2) is 0 Å². The van der Waals surface area contributed by atoms with Crippen molar-refractivity contribution in [3.05, 3.63) is 36.0 Å². The van der Waals surface area contributed by atoms with Gasteiger partial charge in [0, 0.05) is 36.7 Å². The van der Waals surface area contributed by atoms with Gasteiger partial charge in [-0.2, -0.15) is 0 Å². The van der Waals surface area contributed by atoms with E-state index in [1.54, 1.807) is 4.90 Å². The zero-order chi connectivity index (χ0) is 16.9. The summed E-state index contributed by atoms with van der Waals surface area (Å²) in [5.41, 5.74) is 2.38. The number of nitrogens with zero attached hydrogens (tertiary/aromatic N) is 1. The van der Waals surface area contributed by atoms with E-state index in [1.807, 2.05) is 18.3 Å². The van der Waals surface area contributed by atoms with Gasteiger partial charge in [0.25, 0.3) is 0 Å². The molecule has 2 aromatic rings. The standard InChI is InChI=1S/C18H23N3O3/c22-17(23)14-6-4-10-21(12-14)18(24)19-9-3-5-13-11-20-16-8-2-1-7-15(13)16/h1-2,7-8,11,14,20H,3-6,9-10,12H2,(H,19,24)(H,22,23). The summed E-state index contributed by atoms with van der Waals surface area (Å²) in [4.78, 5) is 28.1.